The van der Waals surface area contributed by atoms with Gasteiger partial charge in [-0.25, -0.2) is 0 Å². The Hall–Kier alpha value is -1.81. The van der Waals surface area contributed by atoms with Crippen molar-refractivity contribution in [2.45, 2.75) is 38.0 Å². The summed E-state index contributed by atoms with van der Waals surface area (Å²) in [4.78, 5) is 0. The van der Waals surface area contributed by atoms with Gasteiger partial charge in [0, 0.05) is 12.6 Å². The van der Waals surface area contributed by atoms with Gasteiger partial charge >= 0.3 is 6.18 Å². The molecule has 1 nitrogen and oxygen atoms in total. The van der Waals surface area contributed by atoms with Crippen LogP contribution in [0.25, 0.3) is 0 Å². The van der Waals surface area contributed by atoms with E-state index in [0.29, 0.717) is 12.6 Å². The van der Waals surface area contributed by atoms with Gasteiger partial charge in [-0.2, -0.15) is 13.2 Å². The number of alkyl halides is 3. The minimum Gasteiger partial charge on any atom is -0.310 e. The maximum absolute atomic E-state index is 12.5. The van der Waals surface area contributed by atoms with E-state index in [1.54, 1.807) is 12.1 Å². The average Bonchev–Trinajstić information content (AvgIpc) is 2.52. The van der Waals surface area contributed by atoms with Gasteiger partial charge in [0.15, 0.2) is 0 Å². The Bertz CT molecular complexity index is 632. The van der Waals surface area contributed by atoms with Gasteiger partial charge in [-0.05, 0) is 48.1 Å². The van der Waals surface area contributed by atoms with Crippen molar-refractivity contribution in [2.75, 3.05) is 0 Å². The third-order valence-corrected chi connectivity index (χ3v) is 4.22. The standard InChI is InChI=1S/C18H18F3N/c19-18(20,21)16-8-5-13(6-9-16)12-22-17-10-7-14-3-1-2-4-15(14)11-17/h1-6,8-9,17,22H,7,10-12H2. The maximum atomic E-state index is 12.5. The second-order valence-corrected chi connectivity index (χ2v) is 5.78. The van der Waals surface area contributed by atoms with E-state index in [1.807, 2.05) is 0 Å². The average molecular weight is 305 g/mol. The molecule has 1 aliphatic rings. The SMILES string of the molecule is FC(F)(F)c1ccc(CNC2CCc3ccccc3C2)cc1. The second kappa shape index (κ2) is 6.13. The van der Waals surface area contributed by atoms with Crippen LogP contribution in [0.3, 0.4) is 0 Å². The zero-order valence-corrected chi connectivity index (χ0v) is 12.2. The lowest BCUT2D eigenvalue weighted by atomic mass is 9.88. The summed E-state index contributed by atoms with van der Waals surface area (Å²) in [6, 6.07) is 14.2. The van der Waals surface area contributed by atoms with Crippen LogP contribution in [0.15, 0.2) is 48.5 Å². The topological polar surface area (TPSA) is 12.0 Å². The molecule has 1 unspecified atom stereocenters. The smallest absolute Gasteiger partial charge is 0.310 e. The number of hydrogen-bond acceptors (Lipinski definition) is 1. The molecular weight excluding hydrogens is 287 g/mol. The molecule has 22 heavy (non-hydrogen) atoms. The van der Waals surface area contributed by atoms with Crippen molar-refractivity contribution >= 4 is 0 Å². The summed E-state index contributed by atoms with van der Waals surface area (Å²) in [7, 11) is 0. The highest BCUT2D eigenvalue weighted by Gasteiger charge is 2.29. The molecule has 0 bridgehead atoms. The molecule has 1 aliphatic carbocycles. The van der Waals surface area contributed by atoms with Gasteiger partial charge in [0.1, 0.15) is 0 Å². The summed E-state index contributed by atoms with van der Waals surface area (Å²) < 4.78 is 37.6. The molecule has 2 aromatic rings. The van der Waals surface area contributed by atoms with Gasteiger partial charge < -0.3 is 5.32 Å². The largest absolute Gasteiger partial charge is 0.416 e. The van der Waals surface area contributed by atoms with Crippen LogP contribution in [0, 0.1) is 0 Å². The highest BCUT2D eigenvalue weighted by molar-refractivity contribution is 5.30. The maximum Gasteiger partial charge on any atom is 0.416 e. The molecule has 116 valence electrons. The summed E-state index contributed by atoms with van der Waals surface area (Å²) in [5.74, 6) is 0. The van der Waals surface area contributed by atoms with Gasteiger partial charge in [-0.1, -0.05) is 36.4 Å². The number of hydrogen-bond donors (Lipinski definition) is 1. The molecule has 4 heteroatoms. The number of aryl methyl sites for hydroxylation is 1. The predicted octanol–water partition coefficient (Wildman–Crippen LogP) is 4.35. The van der Waals surface area contributed by atoms with E-state index in [-0.39, 0.29) is 0 Å². The molecule has 0 aromatic heterocycles. The van der Waals surface area contributed by atoms with Crippen molar-refractivity contribution in [2.24, 2.45) is 0 Å². The minimum atomic E-state index is -4.26. The van der Waals surface area contributed by atoms with Crippen molar-refractivity contribution < 1.29 is 13.2 Å². The van der Waals surface area contributed by atoms with Crippen LogP contribution in [0.1, 0.15) is 28.7 Å². The van der Waals surface area contributed by atoms with Gasteiger partial charge in [-0.3, -0.25) is 0 Å². The van der Waals surface area contributed by atoms with Crippen molar-refractivity contribution in [1.82, 2.24) is 5.32 Å². The molecule has 0 aliphatic heterocycles. The minimum absolute atomic E-state index is 0.386. The quantitative estimate of drug-likeness (QED) is 0.889. The van der Waals surface area contributed by atoms with Crippen LogP contribution in [0.4, 0.5) is 13.2 Å². The fraction of sp³-hybridized carbons (Fsp3) is 0.333. The van der Waals surface area contributed by atoms with Crippen LogP contribution in [0.2, 0.25) is 0 Å². The first kappa shape index (κ1) is 15.1. The highest BCUT2D eigenvalue weighted by atomic mass is 19.4. The molecule has 0 spiro atoms. The summed E-state index contributed by atoms with van der Waals surface area (Å²) in [5, 5.41) is 3.46. The number of benzene rings is 2. The van der Waals surface area contributed by atoms with Crippen LogP contribution < -0.4 is 5.32 Å². The third-order valence-electron chi connectivity index (χ3n) is 4.22. The van der Waals surface area contributed by atoms with E-state index in [0.717, 1.165) is 37.0 Å². The second-order valence-electron chi connectivity index (χ2n) is 5.78. The molecular formula is C18H18F3N. The highest BCUT2D eigenvalue weighted by Crippen LogP contribution is 2.29. The fourth-order valence-electron chi connectivity index (χ4n) is 2.95. The Kier molecular flexibility index (Phi) is 4.21. The Morgan fingerprint density at radius 1 is 0.955 bits per heavy atom. The third kappa shape index (κ3) is 3.50. The molecule has 0 fully saturated rings. The number of nitrogens with one attached hydrogen (secondary N) is 1. The molecule has 0 amide bonds. The van der Waals surface area contributed by atoms with Crippen LogP contribution >= 0.6 is 0 Å². The van der Waals surface area contributed by atoms with Gasteiger partial charge in [0.2, 0.25) is 0 Å². The Morgan fingerprint density at radius 2 is 1.64 bits per heavy atom. The Labute approximate surface area is 128 Å². The molecule has 0 saturated heterocycles. The van der Waals surface area contributed by atoms with Gasteiger partial charge in [0.05, 0.1) is 5.56 Å². The first-order valence-corrected chi connectivity index (χ1v) is 7.49. The predicted molar refractivity (Wildman–Crippen MR) is 80.5 cm³/mol. The van der Waals surface area contributed by atoms with Gasteiger partial charge in [0.25, 0.3) is 0 Å². The van der Waals surface area contributed by atoms with Crippen molar-refractivity contribution in [3.05, 3.63) is 70.8 Å². The summed E-state index contributed by atoms with van der Waals surface area (Å²) in [6.45, 7) is 0.602. The summed E-state index contributed by atoms with van der Waals surface area (Å²) in [6.07, 6.45) is -1.16. The molecule has 2 aromatic carbocycles. The zero-order valence-electron chi connectivity index (χ0n) is 12.2. The van der Waals surface area contributed by atoms with Crippen LogP contribution in [-0.4, -0.2) is 6.04 Å². The first-order valence-electron chi connectivity index (χ1n) is 7.49. The lowest BCUT2D eigenvalue weighted by molar-refractivity contribution is -0.137. The Balaban J connectivity index is 1.57. The van der Waals surface area contributed by atoms with Crippen LogP contribution in [-0.2, 0) is 25.6 Å². The van der Waals surface area contributed by atoms with E-state index in [1.165, 1.54) is 11.1 Å². The normalized spacial score (nSPS) is 18.0. The Morgan fingerprint density at radius 3 is 2.32 bits per heavy atom. The fourth-order valence-corrected chi connectivity index (χ4v) is 2.95. The van der Waals surface area contributed by atoms with E-state index < -0.39 is 11.7 Å². The van der Waals surface area contributed by atoms with E-state index in [9.17, 15) is 13.2 Å². The van der Waals surface area contributed by atoms with E-state index in [2.05, 4.69) is 29.6 Å². The monoisotopic (exact) mass is 305 g/mol. The first-order chi connectivity index (χ1) is 10.5. The summed E-state index contributed by atoms with van der Waals surface area (Å²) in [5.41, 5.74) is 3.07. The number of fused-ring (bicyclic) bond motifs is 1. The van der Waals surface area contributed by atoms with Gasteiger partial charge in [-0.15, -0.1) is 0 Å². The zero-order chi connectivity index (χ0) is 15.6. The van der Waals surface area contributed by atoms with Crippen LogP contribution in [0.5, 0.6) is 0 Å². The van der Waals surface area contributed by atoms with Crippen molar-refractivity contribution in [1.29, 1.82) is 0 Å². The molecule has 1 atom stereocenters. The number of rotatable bonds is 3. The molecule has 0 saturated carbocycles. The lowest BCUT2D eigenvalue weighted by Crippen LogP contribution is -2.34. The van der Waals surface area contributed by atoms with Crippen molar-refractivity contribution in [3.8, 4) is 0 Å². The molecule has 1 N–H and O–H groups in total. The molecule has 0 radical (unpaired) electrons. The molecule has 0 heterocycles. The van der Waals surface area contributed by atoms with Crippen molar-refractivity contribution in [3.63, 3.8) is 0 Å². The summed E-state index contributed by atoms with van der Waals surface area (Å²) >= 11 is 0. The lowest BCUT2D eigenvalue weighted by Gasteiger charge is -2.25. The van der Waals surface area contributed by atoms with E-state index in [4.69, 9.17) is 0 Å². The molecule has 3 rings (SSSR count). The van der Waals surface area contributed by atoms with E-state index >= 15 is 0 Å². The number of halogens is 3.